The van der Waals surface area contributed by atoms with Crippen molar-refractivity contribution in [3.63, 3.8) is 0 Å². The summed E-state index contributed by atoms with van der Waals surface area (Å²) < 4.78 is 24.9. The number of nitrogens with two attached hydrogens (primary N) is 1. The third-order valence-corrected chi connectivity index (χ3v) is 5.76. The Kier molecular flexibility index (Phi) is 6.48. The van der Waals surface area contributed by atoms with Crippen LogP contribution in [0.3, 0.4) is 0 Å². The van der Waals surface area contributed by atoms with E-state index in [0.717, 1.165) is 44.1 Å². The number of nitrogens with zero attached hydrogens (tertiary/aromatic N) is 1. The van der Waals surface area contributed by atoms with Gasteiger partial charge in [-0.25, -0.2) is 9.18 Å². The molecule has 0 bridgehead atoms. The third kappa shape index (κ3) is 4.35. The summed E-state index contributed by atoms with van der Waals surface area (Å²) in [5.41, 5.74) is 7.04. The number of hydrogen-bond acceptors (Lipinski definition) is 4. The van der Waals surface area contributed by atoms with Crippen LogP contribution in [-0.2, 0) is 9.47 Å². The first-order valence-electron chi connectivity index (χ1n) is 9.56. The Hall–Kier alpha value is -1.66. The lowest BCUT2D eigenvalue weighted by Crippen LogP contribution is -2.56. The van der Waals surface area contributed by atoms with E-state index in [1.54, 1.807) is 11.0 Å². The van der Waals surface area contributed by atoms with E-state index in [9.17, 15) is 9.18 Å². The molecule has 0 aromatic heterocycles. The summed E-state index contributed by atoms with van der Waals surface area (Å²) in [6.07, 6.45) is 5.23. The molecule has 0 spiro atoms. The molecule has 1 aromatic rings. The first kappa shape index (κ1) is 19.1. The molecule has 0 radical (unpaired) electrons. The van der Waals surface area contributed by atoms with Crippen molar-refractivity contribution in [2.75, 3.05) is 20.3 Å². The molecule has 1 aliphatic heterocycles. The fraction of sp³-hybridized carbons (Fsp3) is 0.650. The molecule has 5 nitrogen and oxygen atoms in total. The van der Waals surface area contributed by atoms with Gasteiger partial charge in [-0.2, -0.15) is 0 Å². The smallest absolute Gasteiger partial charge is 0.409 e. The molecule has 6 heteroatoms. The number of amides is 1. The number of carbonyl (C=O) groups excluding carboxylic acids is 1. The van der Waals surface area contributed by atoms with Gasteiger partial charge in [-0.15, -0.1) is 0 Å². The first-order valence-corrected chi connectivity index (χ1v) is 9.56. The van der Waals surface area contributed by atoms with Crippen LogP contribution in [0.25, 0.3) is 0 Å². The van der Waals surface area contributed by atoms with Crippen LogP contribution >= 0.6 is 0 Å². The zero-order valence-corrected chi connectivity index (χ0v) is 15.4. The summed E-state index contributed by atoms with van der Waals surface area (Å²) in [6.45, 7) is 1.10. The number of halogens is 1. The fourth-order valence-corrected chi connectivity index (χ4v) is 4.23. The van der Waals surface area contributed by atoms with Gasteiger partial charge in [0.2, 0.25) is 0 Å². The highest BCUT2D eigenvalue weighted by molar-refractivity contribution is 5.68. The van der Waals surface area contributed by atoms with E-state index in [-0.39, 0.29) is 36.0 Å². The Morgan fingerprint density at radius 1 is 1.23 bits per heavy atom. The number of likely N-dealkylation sites (tertiary alicyclic amines) is 1. The van der Waals surface area contributed by atoms with Crippen molar-refractivity contribution in [1.82, 2.24) is 4.90 Å². The molecule has 2 N–H and O–H groups in total. The number of benzene rings is 1. The molecule has 144 valence electrons. The van der Waals surface area contributed by atoms with Crippen LogP contribution in [0.2, 0.25) is 0 Å². The van der Waals surface area contributed by atoms with Crippen molar-refractivity contribution < 1.29 is 18.7 Å². The summed E-state index contributed by atoms with van der Waals surface area (Å²) in [6, 6.07) is 6.82. The van der Waals surface area contributed by atoms with Gasteiger partial charge in [-0.3, -0.25) is 0 Å². The zero-order chi connectivity index (χ0) is 18.5. The summed E-state index contributed by atoms with van der Waals surface area (Å²) in [7, 11) is 1.39. The van der Waals surface area contributed by atoms with E-state index < -0.39 is 0 Å². The number of carbonyl (C=O) groups is 1. The van der Waals surface area contributed by atoms with Gasteiger partial charge in [0, 0.05) is 12.6 Å². The monoisotopic (exact) mass is 364 g/mol. The topological polar surface area (TPSA) is 64.8 Å². The molecule has 1 saturated heterocycles. The summed E-state index contributed by atoms with van der Waals surface area (Å²) >= 11 is 0. The van der Waals surface area contributed by atoms with Crippen LogP contribution in [0.5, 0.6) is 0 Å². The minimum absolute atomic E-state index is 0.0856. The molecule has 1 aliphatic carbocycles. The zero-order valence-electron chi connectivity index (χ0n) is 15.4. The third-order valence-electron chi connectivity index (χ3n) is 5.76. The molecule has 1 amide bonds. The summed E-state index contributed by atoms with van der Waals surface area (Å²) in [5.74, 6) is 0.151. The van der Waals surface area contributed by atoms with Crippen LogP contribution in [0.4, 0.5) is 9.18 Å². The fourth-order valence-electron chi connectivity index (χ4n) is 4.23. The van der Waals surface area contributed by atoms with Gasteiger partial charge in [0.05, 0.1) is 25.9 Å². The second kappa shape index (κ2) is 8.82. The van der Waals surface area contributed by atoms with Crippen LogP contribution in [-0.4, -0.2) is 49.4 Å². The Labute approximate surface area is 154 Å². The van der Waals surface area contributed by atoms with Crippen molar-refractivity contribution in [2.24, 2.45) is 5.73 Å². The number of piperidine rings is 1. The first-order chi connectivity index (χ1) is 12.6. The molecule has 3 rings (SSSR count). The number of ether oxygens (including phenoxy) is 2. The Bertz CT molecular complexity index is 604. The van der Waals surface area contributed by atoms with E-state index in [0.29, 0.717) is 13.2 Å². The average molecular weight is 364 g/mol. The SMILES string of the molecule is COC(=O)N1CCC[C@H](N)[C@@H]1CO[C@H]1CC[C@@H](c2ccccc2F)CC1. The van der Waals surface area contributed by atoms with Crippen molar-refractivity contribution in [3.05, 3.63) is 35.6 Å². The highest BCUT2D eigenvalue weighted by Crippen LogP contribution is 2.35. The number of rotatable bonds is 4. The molecular weight excluding hydrogens is 335 g/mol. The predicted molar refractivity (Wildman–Crippen MR) is 97.5 cm³/mol. The van der Waals surface area contributed by atoms with E-state index in [4.69, 9.17) is 15.2 Å². The van der Waals surface area contributed by atoms with Crippen LogP contribution in [0, 0.1) is 5.82 Å². The molecular formula is C20H29FN2O3. The number of methoxy groups -OCH3 is 1. The predicted octanol–water partition coefficient (Wildman–Crippen LogP) is 3.43. The second-order valence-corrected chi connectivity index (χ2v) is 7.37. The molecule has 2 atom stereocenters. The summed E-state index contributed by atoms with van der Waals surface area (Å²) in [5, 5.41) is 0. The minimum Gasteiger partial charge on any atom is -0.453 e. The Morgan fingerprint density at radius 3 is 2.65 bits per heavy atom. The maximum atomic E-state index is 14.0. The van der Waals surface area contributed by atoms with Crippen molar-refractivity contribution in [2.45, 2.75) is 62.6 Å². The van der Waals surface area contributed by atoms with E-state index in [2.05, 4.69) is 0 Å². The highest BCUT2D eigenvalue weighted by Gasteiger charge is 2.34. The minimum atomic E-state index is -0.336. The summed E-state index contributed by atoms with van der Waals surface area (Å²) in [4.78, 5) is 13.7. The van der Waals surface area contributed by atoms with E-state index in [1.165, 1.54) is 13.2 Å². The maximum absolute atomic E-state index is 14.0. The quantitative estimate of drug-likeness (QED) is 0.889. The van der Waals surface area contributed by atoms with Gasteiger partial charge in [0.15, 0.2) is 0 Å². The molecule has 1 saturated carbocycles. The average Bonchev–Trinajstić information content (AvgIpc) is 2.67. The highest BCUT2D eigenvalue weighted by atomic mass is 19.1. The Morgan fingerprint density at radius 2 is 1.96 bits per heavy atom. The van der Waals surface area contributed by atoms with Gasteiger partial charge < -0.3 is 20.1 Å². The van der Waals surface area contributed by atoms with Gasteiger partial charge in [0.1, 0.15) is 5.82 Å². The van der Waals surface area contributed by atoms with Crippen molar-refractivity contribution in [3.8, 4) is 0 Å². The van der Waals surface area contributed by atoms with Gasteiger partial charge in [-0.1, -0.05) is 18.2 Å². The molecule has 2 fully saturated rings. The van der Waals surface area contributed by atoms with Crippen molar-refractivity contribution in [1.29, 1.82) is 0 Å². The van der Waals surface area contributed by atoms with Gasteiger partial charge in [-0.05, 0) is 56.1 Å². The lowest BCUT2D eigenvalue weighted by Gasteiger charge is -2.39. The van der Waals surface area contributed by atoms with Gasteiger partial charge in [0.25, 0.3) is 0 Å². The molecule has 2 aliphatic rings. The van der Waals surface area contributed by atoms with Gasteiger partial charge >= 0.3 is 6.09 Å². The van der Waals surface area contributed by atoms with Crippen molar-refractivity contribution >= 4 is 6.09 Å². The molecule has 26 heavy (non-hydrogen) atoms. The Balaban J connectivity index is 1.51. The maximum Gasteiger partial charge on any atom is 0.409 e. The standard InChI is InChI=1S/C20H29FN2O3/c1-25-20(24)23-12-4-7-18(22)19(23)13-26-15-10-8-14(9-11-15)16-5-2-3-6-17(16)21/h2-3,5-6,14-15,18-19H,4,7-13,22H2,1H3/t14-,15+,18-,19-/m0/s1. The van der Waals surface area contributed by atoms with Crippen LogP contribution < -0.4 is 5.73 Å². The molecule has 1 heterocycles. The van der Waals surface area contributed by atoms with Crippen LogP contribution in [0.1, 0.15) is 50.0 Å². The van der Waals surface area contributed by atoms with Crippen LogP contribution in [0.15, 0.2) is 24.3 Å². The lowest BCUT2D eigenvalue weighted by molar-refractivity contribution is -0.0230. The lowest BCUT2D eigenvalue weighted by atomic mass is 9.82. The van der Waals surface area contributed by atoms with E-state index in [1.807, 2.05) is 12.1 Å². The number of hydrogen-bond donors (Lipinski definition) is 1. The molecule has 1 aromatic carbocycles. The molecule has 0 unspecified atom stereocenters. The largest absolute Gasteiger partial charge is 0.453 e. The van der Waals surface area contributed by atoms with E-state index >= 15 is 0 Å². The normalized spacial score (nSPS) is 29.4. The second-order valence-electron chi connectivity index (χ2n) is 7.37.